The van der Waals surface area contributed by atoms with Crippen LogP contribution in [0.4, 0.5) is 0 Å². The van der Waals surface area contributed by atoms with Crippen LogP contribution in [0.25, 0.3) is 0 Å². The molecular weight excluding hydrogens is 250 g/mol. The van der Waals surface area contributed by atoms with E-state index in [9.17, 15) is 0 Å². The van der Waals surface area contributed by atoms with Crippen LogP contribution in [0.2, 0.25) is 0 Å². The van der Waals surface area contributed by atoms with E-state index < -0.39 is 0 Å². The molecule has 1 unspecified atom stereocenters. The van der Waals surface area contributed by atoms with E-state index in [0.717, 1.165) is 16.8 Å². The number of nitrogens with two attached hydrogens (primary N) is 1. The summed E-state index contributed by atoms with van der Waals surface area (Å²) in [7, 11) is 0. The Morgan fingerprint density at radius 1 is 1.27 bits per heavy atom. The Labute approximate surface area is 100 Å². The van der Waals surface area contributed by atoms with Crippen molar-refractivity contribution in [2.75, 3.05) is 0 Å². The number of benzene rings is 1. The van der Waals surface area contributed by atoms with Gasteiger partial charge >= 0.3 is 0 Å². The normalized spacial score (nSPS) is 19.3. The molecule has 1 aliphatic carbocycles. The molecule has 0 heterocycles. The van der Waals surface area contributed by atoms with Crippen molar-refractivity contribution in [2.24, 2.45) is 11.7 Å². The topological polar surface area (TPSA) is 26.0 Å². The summed E-state index contributed by atoms with van der Waals surface area (Å²) in [6, 6.07) is 8.50. The Morgan fingerprint density at radius 3 is 2.60 bits per heavy atom. The van der Waals surface area contributed by atoms with Gasteiger partial charge in [0.1, 0.15) is 0 Å². The summed E-state index contributed by atoms with van der Waals surface area (Å²) >= 11 is 3.57. The quantitative estimate of drug-likeness (QED) is 0.880. The molecule has 1 saturated carbocycles. The van der Waals surface area contributed by atoms with Gasteiger partial charge < -0.3 is 5.73 Å². The third-order valence-electron chi connectivity index (χ3n) is 3.37. The standard InChI is InChI=1S/C13H18BrN/c14-12-8-4-3-7-11(12)13(15)9-10-5-1-2-6-10/h3-4,7-8,10,13H,1-2,5-6,9,15H2. The molecule has 1 aromatic carbocycles. The molecule has 2 N–H and O–H groups in total. The summed E-state index contributed by atoms with van der Waals surface area (Å²) in [5.74, 6) is 0.854. The summed E-state index contributed by atoms with van der Waals surface area (Å²) in [6.07, 6.45) is 6.68. The molecule has 0 amide bonds. The Balaban J connectivity index is 2.00. The molecule has 0 spiro atoms. The predicted molar refractivity (Wildman–Crippen MR) is 67.6 cm³/mol. The summed E-state index contributed by atoms with van der Waals surface area (Å²) in [6.45, 7) is 0. The van der Waals surface area contributed by atoms with Crippen LogP contribution >= 0.6 is 15.9 Å². The zero-order valence-corrected chi connectivity index (χ0v) is 10.5. The molecule has 82 valence electrons. The van der Waals surface area contributed by atoms with Crippen molar-refractivity contribution in [3.05, 3.63) is 34.3 Å². The maximum absolute atomic E-state index is 6.25. The van der Waals surface area contributed by atoms with Crippen molar-refractivity contribution < 1.29 is 0 Å². The number of halogens is 1. The van der Waals surface area contributed by atoms with E-state index >= 15 is 0 Å². The smallest absolute Gasteiger partial charge is 0.0308 e. The largest absolute Gasteiger partial charge is 0.324 e. The second kappa shape index (κ2) is 5.13. The van der Waals surface area contributed by atoms with Crippen molar-refractivity contribution in [3.63, 3.8) is 0 Å². The van der Waals surface area contributed by atoms with Crippen LogP contribution in [0.1, 0.15) is 43.7 Å². The monoisotopic (exact) mass is 267 g/mol. The molecule has 1 nitrogen and oxygen atoms in total. The summed E-state index contributed by atoms with van der Waals surface area (Å²) in [5, 5.41) is 0. The molecule has 2 rings (SSSR count). The minimum Gasteiger partial charge on any atom is -0.324 e. The first-order chi connectivity index (χ1) is 7.27. The van der Waals surface area contributed by atoms with E-state index in [4.69, 9.17) is 5.73 Å². The molecular formula is C13H18BrN. The van der Waals surface area contributed by atoms with Gasteiger partial charge in [-0.1, -0.05) is 59.8 Å². The van der Waals surface area contributed by atoms with Gasteiger partial charge in [-0.25, -0.2) is 0 Å². The minimum absolute atomic E-state index is 0.198. The van der Waals surface area contributed by atoms with Gasteiger partial charge in [-0.2, -0.15) is 0 Å². The molecule has 0 radical (unpaired) electrons. The average Bonchev–Trinajstić information content (AvgIpc) is 2.71. The first kappa shape index (κ1) is 11.2. The van der Waals surface area contributed by atoms with Gasteiger partial charge in [0, 0.05) is 10.5 Å². The molecule has 0 aliphatic heterocycles. The third-order valence-corrected chi connectivity index (χ3v) is 4.09. The fourth-order valence-electron chi connectivity index (χ4n) is 2.51. The molecule has 1 aliphatic rings. The highest BCUT2D eigenvalue weighted by Gasteiger charge is 2.19. The summed E-state index contributed by atoms with van der Waals surface area (Å²) in [5.41, 5.74) is 7.50. The van der Waals surface area contributed by atoms with Crippen LogP contribution in [0.3, 0.4) is 0 Å². The van der Waals surface area contributed by atoms with E-state index in [1.165, 1.54) is 31.2 Å². The molecule has 1 fully saturated rings. The van der Waals surface area contributed by atoms with Gasteiger partial charge in [-0.15, -0.1) is 0 Å². The van der Waals surface area contributed by atoms with Gasteiger partial charge in [-0.05, 0) is 24.0 Å². The van der Waals surface area contributed by atoms with E-state index in [1.807, 2.05) is 6.07 Å². The first-order valence-electron chi connectivity index (χ1n) is 5.77. The van der Waals surface area contributed by atoms with Gasteiger partial charge in [-0.3, -0.25) is 0 Å². The first-order valence-corrected chi connectivity index (χ1v) is 6.56. The van der Waals surface area contributed by atoms with Crippen LogP contribution in [-0.2, 0) is 0 Å². The Hall–Kier alpha value is -0.340. The second-order valence-electron chi connectivity index (χ2n) is 4.51. The van der Waals surface area contributed by atoms with E-state index in [2.05, 4.69) is 34.1 Å². The molecule has 2 heteroatoms. The van der Waals surface area contributed by atoms with Crippen LogP contribution in [-0.4, -0.2) is 0 Å². The van der Waals surface area contributed by atoms with Crippen molar-refractivity contribution >= 4 is 15.9 Å². The highest BCUT2D eigenvalue weighted by atomic mass is 79.9. The molecule has 1 atom stereocenters. The highest BCUT2D eigenvalue weighted by molar-refractivity contribution is 9.10. The van der Waals surface area contributed by atoms with Gasteiger partial charge in [0.05, 0.1) is 0 Å². The van der Waals surface area contributed by atoms with Crippen molar-refractivity contribution in [3.8, 4) is 0 Å². The summed E-state index contributed by atoms with van der Waals surface area (Å²) < 4.78 is 1.15. The molecule has 0 bridgehead atoms. The second-order valence-corrected chi connectivity index (χ2v) is 5.37. The molecule has 0 saturated heterocycles. The lowest BCUT2D eigenvalue weighted by molar-refractivity contribution is 0.450. The Kier molecular flexibility index (Phi) is 3.81. The number of rotatable bonds is 3. The molecule has 1 aromatic rings. The van der Waals surface area contributed by atoms with Crippen molar-refractivity contribution in [1.29, 1.82) is 0 Å². The van der Waals surface area contributed by atoms with Gasteiger partial charge in [0.15, 0.2) is 0 Å². The van der Waals surface area contributed by atoms with E-state index in [0.29, 0.717) is 0 Å². The van der Waals surface area contributed by atoms with Gasteiger partial charge in [0.25, 0.3) is 0 Å². The van der Waals surface area contributed by atoms with Crippen LogP contribution in [0, 0.1) is 5.92 Å². The van der Waals surface area contributed by atoms with Gasteiger partial charge in [0.2, 0.25) is 0 Å². The lowest BCUT2D eigenvalue weighted by atomic mass is 9.94. The maximum atomic E-state index is 6.25. The minimum atomic E-state index is 0.198. The van der Waals surface area contributed by atoms with E-state index in [-0.39, 0.29) is 6.04 Å². The Bertz CT molecular complexity index is 318. The van der Waals surface area contributed by atoms with Crippen LogP contribution in [0.5, 0.6) is 0 Å². The Morgan fingerprint density at radius 2 is 1.93 bits per heavy atom. The van der Waals surface area contributed by atoms with Crippen LogP contribution in [0.15, 0.2) is 28.7 Å². The SMILES string of the molecule is NC(CC1CCCC1)c1ccccc1Br. The summed E-state index contributed by atoms with van der Waals surface area (Å²) in [4.78, 5) is 0. The zero-order valence-electron chi connectivity index (χ0n) is 8.95. The number of hydrogen-bond donors (Lipinski definition) is 1. The fraction of sp³-hybridized carbons (Fsp3) is 0.538. The number of hydrogen-bond acceptors (Lipinski definition) is 1. The van der Waals surface area contributed by atoms with Crippen LogP contribution < -0.4 is 5.73 Å². The van der Waals surface area contributed by atoms with Crippen molar-refractivity contribution in [2.45, 2.75) is 38.1 Å². The lowest BCUT2D eigenvalue weighted by Gasteiger charge is -2.17. The fourth-order valence-corrected chi connectivity index (χ4v) is 3.09. The predicted octanol–water partition coefficient (Wildman–Crippen LogP) is 4.03. The highest BCUT2D eigenvalue weighted by Crippen LogP contribution is 2.33. The lowest BCUT2D eigenvalue weighted by Crippen LogP contribution is -2.14. The van der Waals surface area contributed by atoms with Crippen molar-refractivity contribution in [1.82, 2.24) is 0 Å². The molecule has 15 heavy (non-hydrogen) atoms. The molecule has 0 aromatic heterocycles. The zero-order chi connectivity index (χ0) is 10.7. The third kappa shape index (κ3) is 2.82. The van der Waals surface area contributed by atoms with E-state index in [1.54, 1.807) is 0 Å². The maximum Gasteiger partial charge on any atom is 0.0308 e. The average molecular weight is 268 g/mol.